The molecule has 24 heavy (non-hydrogen) atoms. The Morgan fingerprint density at radius 2 is 1.88 bits per heavy atom. The third-order valence-electron chi connectivity index (χ3n) is 4.42. The van der Waals surface area contributed by atoms with E-state index in [-0.39, 0.29) is 11.9 Å². The number of fused-ring (bicyclic) bond motifs is 1. The molecule has 6 heteroatoms. The fourth-order valence-electron chi connectivity index (χ4n) is 3.24. The van der Waals surface area contributed by atoms with Crippen molar-refractivity contribution in [3.63, 3.8) is 0 Å². The van der Waals surface area contributed by atoms with Crippen molar-refractivity contribution in [2.45, 2.75) is 12.8 Å². The van der Waals surface area contributed by atoms with Crippen LogP contribution in [-0.2, 0) is 4.79 Å². The smallest absolute Gasteiger partial charge is 0.279 e. The monoisotopic (exact) mass is 321 g/mol. The average Bonchev–Trinajstić information content (AvgIpc) is 3.32. The highest BCUT2D eigenvalue weighted by Gasteiger charge is 2.38. The largest absolute Gasteiger partial charge is 0.370 e. The quantitative estimate of drug-likeness (QED) is 0.590. The van der Waals surface area contributed by atoms with E-state index in [1.54, 1.807) is 0 Å². The van der Waals surface area contributed by atoms with Gasteiger partial charge in [0.1, 0.15) is 0 Å². The number of hydrogen-bond donors (Lipinski definition) is 3. The molecule has 0 unspecified atom stereocenters. The summed E-state index contributed by atoms with van der Waals surface area (Å²) in [5.74, 6) is -0.175. The van der Waals surface area contributed by atoms with Gasteiger partial charge in [-0.25, -0.2) is 5.43 Å². The Bertz CT molecular complexity index is 873. The average molecular weight is 321 g/mol. The first kappa shape index (κ1) is 14.7. The minimum Gasteiger partial charge on any atom is -0.370 e. The second kappa shape index (κ2) is 5.65. The zero-order valence-corrected chi connectivity index (χ0v) is 13.2. The van der Waals surface area contributed by atoms with Gasteiger partial charge in [-0.05, 0) is 24.3 Å². The number of hydrogen-bond acceptors (Lipinski definition) is 3. The number of aliphatic imine (C=N–C) groups is 1. The summed E-state index contributed by atoms with van der Waals surface area (Å²) in [6.45, 7) is 0.435. The van der Waals surface area contributed by atoms with E-state index in [4.69, 9.17) is 11.5 Å². The van der Waals surface area contributed by atoms with Crippen molar-refractivity contribution in [3.8, 4) is 0 Å². The molecule has 2 aromatic rings. The van der Waals surface area contributed by atoms with E-state index in [1.807, 2.05) is 23.2 Å². The Labute approximate surface area is 139 Å². The minimum absolute atomic E-state index is 0.203. The Morgan fingerprint density at radius 1 is 1.12 bits per heavy atom. The molecule has 1 aliphatic heterocycles. The predicted molar refractivity (Wildman–Crippen MR) is 95.0 cm³/mol. The van der Waals surface area contributed by atoms with Gasteiger partial charge in [-0.2, -0.15) is 4.99 Å². The fraction of sp³-hybridized carbons (Fsp3) is 0.222. The first-order valence-corrected chi connectivity index (χ1v) is 8.03. The molecule has 6 nitrogen and oxygen atoms in total. The van der Waals surface area contributed by atoms with Gasteiger partial charge in [0.25, 0.3) is 5.91 Å². The molecule has 5 N–H and O–H groups in total. The summed E-state index contributed by atoms with van der Waals surface area (Å²) in [5.41, 5.74) is 16.8. The summed E-state index contributed by atoms with van der Waals surface area (Å²) in [5, 5.41) is 4.34. The first-order chi connectivity index (χ1) is 11.6. The Morgan fingerprint density at radius 3 is 2.62 bits per heavy atom. The van der Waals surface area contributed by atoms with Gasteiger partial charge in [-0.3, -0.25) is 9.80 Å². The van der Waals surface area contributed by atoms with Crippen LogP contribution >= 0.6 is 0 Å². The third-order valence-corrected chi connectivity index (χ3v) is 4.42. The summed E-state index contributed by atoms with van der Waals surface area (Å²) in [7, 11) is 0. The normalized spacial score (nSPS) is 17.4. The molecule has 0 saturated heterocycles. The van der Waals surface area contributed by atoms with Gasteiger partial charge < -0.3 is 11.5 Å². The number of benzene rings is 2. The van der Waals surface area contributed by atoms with E-state index in [2.05, 4.69) is 34.7 Å². The van der Waals surface area contributed by atoms with Crippen molar-refractivity contribution < 1.29 is 4.79 Å². The number of carbonyl (C=O) groups excluding carboxylic acids is 1. The van der Waals surface area contributed by atoms with Crippen LogP contribution in [0.15, 0.2) is 58.7 Å². The molecule has 0 atom stereocenters. The number of nitrogens with one attached hydrogen (secondary N) is 1. The SMILES string of the molecule is NC(N)=NC(=O)C1=C(C2CC2)N(c2cccc3ccccc23)NC1. The number of hydrazine groups is 1. The summed E-state index contributed by atoms with van der Waals surface area (Å²) < 4.78 is 0. The van der Waals surface area contributed by atoms with Crippen LogP contribution in [0.4, 0.5) is 5.69 Å². The van der Waals surface area contributed by atoms with E-state index in [0.29, 0.717) is 18.0 Å². The number of allylic oxidation sites excluding steroid dienone is 1. The molecule has 0 radical (unpaired) electrons. The fourth-order valence-corrected chi connectivity index (χ4v) is 3.24. The van der Waals surface area contributed by atoms with Crippen molar-refractivity contribution in [3.05, 3.63) is 53.7 Å². The minimum atomic E-state index is -0.355. The van der Waals surface area contributed by atoms with Crippen LogP contribution in [0.3, 0.4) is 0 Å². The first-order valence-electron chi connectivity index (χ1n) is 8.03. The molecule has 1 heterocycles. The number of guanidine groups is 1. The van der Waals surface area contributed by atoms with Crippen molar-refractivity contribution in [2.24, 2.45) is 22.4 Å². The maximum atomic E-state index is 12.4. The molecular formula is C18H19N5O. The van der Waals surface area contributed by atoms with E-state index < -0.39 is 0 Å². The van der Waals surface area contributed by atoms with E-state index >= 15 is 0 Å². The molecule has 0 aromatic heterocycles. The molecule has 1 aliphatic carbocycles. The molecule has 2 aromatic carbocycles. The predicted octanol–water partition coefficient (Wildman–Crippen LogP) is 1.63. The lowest BCUT2D eigenvalue weighted by molar-refractivity contribution is -0.114. The Hall–Kier alpha value is -2.86. The molecular weight excluding hydrogens is 302 g/mol. The van der Waals surface area contributed by atoms with E-state index in [9.17, 15) is 4.79 Å². The molecule has 0 bridgehead atoms. The molecule has 1 amide bonds. The Balaban J connectivity index is 1.82. The zero-order valence-electron chi connectivity index (χ0n) is 13.2. The molecule has 1 fully saturated rings. The highest BCUT2D eigenvalue weighted by molar-refractivity contribution is 6.04. The van der Waals surface area contributed by atoms with Crippen molar-refractivity contribution in [2.75, 3.05) is 11.6 Å². The summed E-state index contributed by atoms with van der Waals surface area (Å²) in [4.78, 5) is 16.1. The summed E-state index contributed by atoms with van der Waals surface area (Å²) >= 11 is 0. The van der Waals surface area contributed by atoms with Gasteiger partial charge in [0, 0.05) is 23.5 Å². The van der Waals surface area contributed by atoms with Crippen molar-refractivity contribution >= 4 is 28.3 Å². The van der Waals surface area contributed by atoms with Gasteiger partial charge in [0.05, 0.1) is 11.3 Å². The lowest BCUT2D eigenvalue weighted by Gasteiger charge is -2.24. The van der Waals surface area contributed by atoms with Crippen LogP contribution in [0.1, 0.15) is 12.8 Å². The van der Waals surface area contributed by atoms with Gasteiger partial charge >= 0.3 is 0 Å². The number of anilines is 1. The maximum Gasteiger partial charge on any atom is 0.279 e. The maximum absolute atomic E-state index is 12.4. The van der Waals surface area contributed by atoms with Gasteiger partial charge in [-0.15, -0.1) is 0 Å². The zero-order chi connectivity index (χ0) is 16.7. The number of carbonyl (C=O) groups is 1. The number of nitrogens with two attached hydrogens (primary N) is 2. The molecule has 0 spiro atoms. The summed E-state index contributed by atoms with van der Waals surface area (Å²) in [6, 6.07) is 14.4. The van der Waals surface area contributed by atoms with Crippen molar-refractivity contribution in [1.82, 2.24) is 5.43 Å². The van der Waals surface area contributed by atoms with Gasteiger partial charge in [0.2, 0.25) is 0 Å². The Kier molecular flexibility index (Phi) is 3.46. The van der Waals surface area contributed by atoms with Gasteiger partial charge in [0.15, 0.2) is 5.96 Å². The van der Waals surface area contributed by atoms with Crippen LogP contribution in [0.5, 0.6) is 0 Å². The van der Waals surface area contributed by atoms with E-state index in [1.165, 1.54) is 0 Å². The molecule has 4 rings (SSSR count). The summed E-state index contributed by atoms with van der Waals surface area (Å²) in [6.07, 6.45) is 2.16. The standard InChI is InChI=1S/C18H19N5O/c19-18(20)22-17(24)14-10-21-23(16(14)12-8-9-12)15-7-3-5-11-4-1-2-6-13(11)15/h1-7,12,21H,8-10H2,(H4,19,20,22,24). The molecule has 1 saturated carbocycles. The topological polar surface area (TPSA) is 96.7 Å². The van der Waals surface area contributed by atoms with E-state index in [0.717, 1.165) is 35.0 Å². The molecule has 2 aliphatic rings. The number of rotatable bonds is 3. The second-order valence-corrected chi connectivity index (χ2v) is 6.15. The molecule has 122 valence electrons. The van der Waals surface area contributed by atoms with Crippen LogP contribution < -0.4 is 21.9 Å². The van der Waals surface area contributed by atoms with Crippen LogP contribution in [-0.4, -0.2) is 18.4 Å². The van der Waals surface area contributed by atoms with Crippen LogP contribution in [0, 0.1) is 5.92 Å². The number of amides is 1. The highest BCUT2D eigenvalue weighted by atomic mass is 16.1. The lowest BCUT2D eigenvalue weighted by atomic mass is 10.1. The third kappa shape index (κ3) is 2.51. The van der Waals surface area contributed by atoms with Gasteiger partial charge in [-0.1, -0.05) is 36.4 Å². The van der Waals surface area contributed by atoms with Crippen LogP contribution in [0.25, 0.3) is 10.8 Å². The van der Waals surface area contributed by atoms with Crippen molar-refractivity contribution in [1.29, 1.82) is 0 Å². The lowest BCUT2D eigenvalue weighted by Crippen LogP contribution is -2.32. The van der Waals surface area contributed by atoms with Crippen LogP contribution in [0.2, 0.25) is 0 Å². The number of nitrogens with zero attached hydrogens (tertiary/aromatic N) is 2. The highest BCUT2D eigenvalue weighted by Crippen LogP contribution is 2.44. The second-order valence-electron chi connectivity index (χ2n) is 6.15.